The normalized spacial score (nSPS) is 9.09. The second-order valence-corrected chi connectivity index (χ2v) is 2.08. The first-order valence-electron chi connectivity index (χ1n) is 3.11. The Labute approximate surface area is 78.3 Å². The molecule has 2 rings (SSSR count). The summed E-state index contributed by atoms with van der Waals surface area (Å²) in [5.74, 6) is 0. The van der Waals surface area contributed by atoms with Gasteiger partial charge in [0.2, 0.25) is 0 Å². The van der Waals surface area contributed by atoms with E-state index in [1.807, 2.05) is 30.5 Å². The number of fused-ring (bicyclic) bond motifs is 1. The summed E-state index contributed by atoms with van der Waals surface area (Å²) in [5, 5.41) is 1.09. The molecule has 11 heavy (non-hydrogen) atoms. The molecule has 0 saturated heterocycles. The number of hydrogen-bond donors (Lipinski definition) is 0. The van der Waals surface area contributed by atoms with Crippen molar-refractivity contribution in [1.82, 2.24) is 9.97 Å². The molecule has 0 radical (unpaired) electrons. The van der Waals surface area contributed by atoms with Gasteiger partial charge in [-0.05, 0) is 6.07 Å². The zero-order chi connectivity index (χ0) is 6.81. The zero-order valence-corrected chi connectivity index (χ0v) is 6.36. The topological polar surface area (TPSA) is 25.8 Å². The summed E-state index contributed by atoms with van der Waals surface area (Å²) < 4.78 is 0. The van der Waals surface area contributed by atoms with Crippen molar-refractivity contribution in [3.8, 4) is 0 Å². The van der Waals surface area contributed by atoms with Gasteiger partial charge in [-0.3, -0.25) is 0 Å². The van der Waals surface area contributed by atoms with Crippen molar-refractivity contribution in [2.45, 2.75) is 0 Å². The SMILES string of the molecule is [H-].[Li+].c1ccc2ncncc2c1. The third-order valence-corrected chi connectivity index (χ3v) is 1.41. The standard InChI is InChI=1S/C8H6N2.Li.H/c1-2-4-8-7(3-1)5-9-6-10-8;;/h1-6H;;/q;+1;-1. The molecule has 0 spiro atoms. The van der Waals surface area contributed by atoms with Gasteiger partial charge in [-0.2, -0.15) is 0 Å². The predicted octanol–water partition coefficient (Wildman–Crippen LogP) is -1.25. The summed E-state index contributed by atoms with van der Waals surface area (Å²) in [7, 11) is 0. The molecule has 0 amide bonds. The molecular weight excluding hydrogens is 131 g/mol. The van der Waals surface area contributed by atoms with Gasteiger partial charge in [-0.1, -0.05) is 18.2 Å². The van der Waals surface area contributed by atoms with E-state index in [0.717, 1.165) is 10.9 Å². The molecule has 0 aliphatic rings. The van der Waals surface area contributed by atoms with E-state index >= 15 is 0 Å². The van der Waals surface area contributed by atoms with Crippen LogP contribution in [0.3, 0.4) is 0 Å². The summed E-state index contributed by atoms with van der Waals surface area (Å²) in [4.78, 5) is 7.97. The minimum absolute atomic E-state index is 0. The molecule has 1 heterocycles. The summed E-state index contributed by atoms with van der Waals surface area (Å²) in [6.07, 6.45) is 3.37. The van der Waals surface area contributed by atoms with Crippen molar-refractivity contribution >= 4 is 10.9 Å². The molecule has 0 aliphatic heterocycles. The van der Waals surface area contributed by atoms with Gasteiger partial charge in [0.05, 0.1) is 5.52 Å². The van der Waals surface area contributed by atoms with Gasteiger partial charge >= 0.3 is 18.9 Å². The van der Waals surface area contributed by atoms with Crippen LogP contribution in [0.15, 0.2) is 36.8 Å². The van der Waals surface area contributed by atoms with Gasteiger partial charge < -0.3 is 1.43 Å². The molecular formula is C8H7LiN2. The first-order chi connectivity index (χ1) is 4.97. The summed E-state index contributed by atoms with van der Waals surface area (Å²) in [6.45, 7) is 0. The monoisotopic (exact) mass is 138 g/mol. The first-order valence-corrected chi connectivity index (χ1v) is 3.11. The van der Waals surface area contributed by atoms with Crippen LogP contribution in [-0.2, 0) is 0 Å². The fourth-order valence-electron chi connectivity index (χ4n) is 0.923. The molecule has 0 atom stereocenters. The second-order valence-electron chi connectivity index (χ2n) is 2.08. The maximum atomic E-state index is 4.07. The van der Waals surface area contributed by atoms with Gasteiger partial charge in [0.25, 0.3) is 0 Å². The minimum Gasteiger partial charge on any atom is -1.00 e. The van der Waals surface area contributed by atoms with Crippen molar-refractivity contribution in [2.24, 2.45) is 0 Å². The Kier molecular flexibility index (Phi) is 2.64. The quantitative estimate of drug-likeness (QED) is 0.425. The Bertz CT molecular complexity index is 288. The molecule has 0 bridgehead atoms. The third-order valence-electron chi connectivity index (χ3n) is 1.41. The van der Waals surface area contributed by atoms with Crippen molar-refractivity contribution in [2.75, 3.05) is 0 Å². The Morgan fingerprint density at radius 1 is 1.18 bits per heavy atom. The molecule has 0 N–H and O–H groups in total. The van der Waals surface area contributed by atoms with E-state index in [1.54, 1.807) is 6.33 Å². The van der Waals surface area contributed by atoms with Crippen molar-refractivity contribution in [1.29, 1.82) is 0 Å². The molecule has 3 heteroatoms. The van der Waals surface area contributed by atoms with E-state index in [0.29, 0.717) is 0 Å². The van der Waals surface area contributed by atoms with Crippen LogP contribution in [0.5, 0.6) is 0 Å². The van der Waals surface area contributed by atoms with Crippen LogP contribution in [0, 0.1) is 0 Å². The molecule has 2 aromatic rings. The first kappa shape index (κ1) is 8.26. The second kappa shape index (κ2) is 3.52. The summed E-state index contributed by atoms with van der Waals surface area (Å²) in [5.41, 5.74) is 0.998. The van der Waals surface area contributed by atoms with E-state index in [1.165, 1.54) is 0 Å². The number of rotatable bonds is 0. The average Bonchev–Trinajstić information content (AvgIpc) is 2.05. The van der Waals surface area contributed by atoms with E-state index < -0.39 is 0 Å². The molecule has 0 aliphatic carbocycles. The van der Waals surface area contributed by atoms with Crippen molar-refractivity contribution < 1.29 is 20.3 Å². The molecule has 1 aromatic heterocycles. The van der Waals surface area contributed by atoms with Gasteiger partial charge in [0, 0.05) is 11.6 Å². The zero-order valence-electron chi connectivity index (χ0n) is 7.36. The van der Waals surface area contributed by atoms with Crippen LogP contribution in [0.25, 0.3) is 10.9 Å². The summed E-state index contributed by atoms with van der Waals surface area (Å²) in [6, 6.07) is 7.91. The molecule has 0 unspecified atom stereocenters. The van der Waals surface area contributed by atoms with Gasteiger partial charge in [0.15, 0.2) is 0 Å². The van der Waals surface area contributed by atoms with Gasteiger partial charge in [-0.15, -0.1) is 0 Å². The number of nitrogens with zero attached hydrogens (tertiary/aromatic N) is 2. The Balaban J connectivity index is 0.000000605. The van der Waals surface area contributed by atoms with Crippen LogP contribution in [0.4, 0.5) is 0 Å². The Morgan fingerprint density at radius 2 is 2.00 bits per heavy atom. The van der Waals surface area contributed by atoms with Gasteiger partial charge in [0.1, 0.15) is 6.33 Å². The number of hydrogen-bond acceptors (Lipinski definition) is 2. The van der Waals surface area contributed by atoms with Crippen molar-refractivity contribution in [3.63, 3.8) is 0 Å². The van der Waals surface area contributed by atoms with E-state index in [2.05, 4.69) is 9.97 Å². The van der Waals surface area contributed by atoms with Gasteiger partial charge in [-0.25, -0.2) is 9.97 Å². The van der Waals surface area contributed by atoms with E-state index in [4.69, 9.17) is 0 Å². The third kappa shape index (κ3) is 1.59. The Morgan fingerprint density at radius 3 is 2.82 bits per heavy atom. The average molecular weight is 138 g/mol. The van der Waals surface area contributed by atoms with Crippen LogP contribution in [-0.4, -0.2) is 9.97 Å². The van der Waals surface area contributed by atoms with E-state index in [9.17, 15) is 0 Å². The molecule has 0 fully saturated rings. The van der Waals surface area contributed by atoms with Crippen LogP contribution < -0.4 is 18.9 Å². The number of aromatic nitrogens is 2. The predicted molar refractivity (Wildman–Crippen MR) is 40.7 cm³/mol. The maximum absolute atomic E-state index is 4.07. The molecule has 0 saturated carbocycles. The molecule has 2 nitrogen and oxygen atoms in total. The fourth-order valence-corrected chi connectivity index (χ4v) is 0.923. The molecule has 1 aromatic carbocycles. The molecule has 50 valence electrons. The van der Waals surface area contributed by atoms with Crippen molar-refractivity contribution in [3.05, 3.63) is 36.8 Å². The van der Waals surface area contributed by atoms with E-state index in [-0.39, 0.29) is 20.3 Å². The minimum atomic E-state index is 0. The van der Waals surface area contributed by atoms with Crippen LogP contribution >= 0.6 is 0 Å². The smallest absolute Gasteiger partial charge is 1.00 e. The maximum Gasteiger partial charge on any atom is 1.00 e. The largest absolute Gasteiger partial charge is 1.00 e. The fraction of sp³-hybridized carbons (Fsp3) is 0. The Hall–Kier alpha value is -0.843. The van der Waals surface area contributed by atoms with Crippen LogP contribution in [0.1, 0.15) is 1.43 Å². The summed E-state index contributed by atoms with van der Waals surface area (Å²) >= 11 is 0. The van der Waals surface area contributed by atoms with Crippen LogP contribution in [0.2, 0.25) is 0 Å². The number of benzene rings is 1. The number of para-hydroxylation sites is 1.